The lowest BCUT2D eigenvalue weighted by Crippen LogP contribution is -2.13. The molecule has 1 amide bonds. The highest BCUT2D eigenvalue weighted by Gasteiger charge is 2.18. The van der Waals surface area contributed by atoms with Crippen LogP contribution in [0.5, 0.6) is 0 Å². The van der Waals surface area contributed by atoms with Gasteiger partial charge in [-0.05, 0) is 87.6 Å². The molecule has 0 fully saturated rings. The predicted octanol–water partition coefficient (Wildman–Crippen LogP) is 5.53. The molecule has 4 aromatic rings. The molecule has 0 spiro atoms. The molecule has 4 rings (SSSR count). The molecule has 31 heavy (non-hydrogen) atoms. The summed E-state index contributed by atoms with van der Waals surface area (Å²) in [5, 5.41) is 8.83. The second-order valence-corrected chi connectivity index (χ2v) is 8.18. The van der Waals surface area contributed by atoms with Crippen LogP contribution in [0.3, 0.4) is 0 Å². The molecule has 2 aromatic heterocycles. The van der Waals surface area contributed by atoms with Crippen LogP contribution in [0.2, 0.25) is 0 Å². The number of pyridine rings is 1. The van der Waals surface area contributed by atoms with Gasteiger partial charge in [0.05, 0.1) is 11.4 Å². The highest BCUT2D eigenvalue weighted by Crippen LogP contribution is 2.28. The minimum Gasteiger partial charge on any atom is -0.326 e. The van der Waals surface area contributed by atoms with E-state index in [0.717, 1.165) is 44.9 Å². The number of para-hydroxylation sites is 1. The third kappa shape index (κ3) is 4.08. The van der Waals surface area contributed by atoms with Crippen molar-refractivity contribution in [3.63, 3.8) is 0 Å². The Balaban J connectivity index is 1.65. The zero-order chi connectivity index (χ0) is 22.1. The lowest BCUT2D eigenvalue weighted by Gasteiger charge is -2.12. The van der Waals surface area contributed by atoms with Crippen LogP contribution < -0.4 is 5.32 Å². The molecule has 0 aliphatic rings. The molecule has 2 heterocycles. The zero-order valence-electron chi connectivity index (χ0n) is 18.8. The molecular formula is C26H28N4O. The second-order valence-electron chi connectivity index (χ2n) is 8.18. The maximum atomic E-state index is 12.4. The normalized spacial score (nSPS) is 11.1. The Kier molecular flexibility index (Phi) is 5.59. The fourth-order valence-electron chi connectivity index (χ4n) is 4.10. The van der Waals surface area contributed by atoms with Crippen LogP contribution in [-0.2, 0) is 11.2 Å². The van der Waals surface area contributed by atoms with E-state index in [-0.39, 0.29) is 5.91 Å². The number of aryl methyl sites for hydroxylation is 5. The van der Waals surface area contributed by atoms with E-state index in [1.807, 2.05) is 48.9 Å². The molecular weight excluding hydrogens is 384 g/mol. The third-order valence-corrected chi connectivity index (χ3v) is 5.97. The molecule has 1 N–H and O–H groups in total. The maximum absolute atomic E-state index is 12.4. The Morgan fingerprint density at radius 2 is 1.68 bits per heavy atom. The molecule has 0 bridgehead atoms. The van der Waals surface area contributed by atoms with Crippen molar-refractivity contribution in [2.75, 3.05) is 5.32 Å². The Bertz CT molecular complexity index is 1270. The molecule has 0 radical (unpaired) electrons. The number of carbonyl (C=O) groups is 1. The van der Waals surface area contributed by atoms with Gasteiger partial charge in [-0.3, -0.25) is 4.79 Å². The lowest BCUT2D eigenvalue weighted by atomic mass is 9.99. The molecule has 5 heteroatoms. The van der Waals surface area contributed by atoms with Crippen molar-refractivity contribution in [3.05, 3.63) is 82.2 Å². The van der Waals surface area contributed by atoms with E-state index in [0.29, 0.717) is 12.8 Å². The minimum absolute atomic E-state index is 0.00708. The van der Waals surface area contributed by atoms with E-state index < -0.39 is 0 Å². The SMILES string of the molecule is Cc1ccc(-n2nc(C)c3c(C)c(CCC(=O)Nc4ccccc4)c(C)nc32)cc1C. The van der Waals surface area contributed by atoms with Crippen molar-refractivity contribution >= 4 is 22.6 Å². The van der Waals surface area contributed by atoms with Gasteiger partial charge in [0.2, 0.25) is 5.91 Å². The first-order chi connectivity index (χ1) is 14.8. The number of hydrogen-bond donors (Lipinski definition) is 1. The minimum atomic E-state index is 0.00708. The summed E-state index contributed by atoms with van der Waals surface area (Å²) in [6.07, 6.45) is 1.06. The predicted molar refractivity (Wildman–Crippen MR) is 126 cm³/mol. The first-order valence-electron chi connectivity index (χ1n) is 10.6. The largest absolute Gasteiger partial charge is 0.326 e. The second kappa shape index (κ2) is 8.34. The Morgan fingerprint density at radius 1 is 0.935 bits per heavy atom. The Hall–Kier alpha value is -3.47. The van der Waals surface area contributed by atoms with Gasteiger partial charge < -0.3 is 5.32 Å². The van der Waals surface area contributed by atoms with Crippen molar-refractivity contribution in [2.24, 2.45) is 0 Å². The summed E-state index contributed by atoms with van der Waals surface area (Å²) in [6.45, 7) is 10.4. The van der Waals surface area contributed by atoms with Crippen molar-refractivity contribution < 1.29 is 4.79 Å². The van der Waals surface area contributed by atoms with Crippen molar-refractivity contribution in [1.82, 2.24) is 14.8 Å². The topological polar surface area (TPSA) is 59.8 Å². The summed E-state index contributed by atoms with van der Waals surface area (Å²) in [5.41, 5.74) is 9.37. The standard InChI is InChI=1S/C26H28N4O/c1-16-11-12-22(15-17(16)2)30-26-25(20(5)29-30)18(3)23(19(4)27-26)13-14-24(31)28-21-9-7-6-8-10-21/h6-12,15H,13-14H2,1-5H3,(H,28,31). The van der Waals surface area contributed by atoms with E-state index in [2.05, 4.69) is 44.3 Å². The van der Waals surface area contributed by atoms with Crippen LogP contribution >= 0.6 is 0 Å². The van der Waals surface area contributed by atoms with Crippen LogP contribution in [0.1, 0.15) is 40.1 Å². The molecule has 0 aliphatic heterocycles. The molecule has 5 nitrogen and oxygen atoms in total. The van der Waals surface area contributed by atoms with Crippen LogP contribution in [0.4, 0.5) is 5.69 Å². The summed E-state index contributed by atoms with van der Waals surface area (Å²) in [7, 11) is 0. The number of benzene rings is 2. The smallest absolute Gasteiger partial charge is 0.224 e. The first-order valence-corrected chi connectivity index (χ1v) is 10.6. The number of rotatable bonds is 5. The fourth-order valence-corrected chi connectivity index (χ4v) is 4.10. The first kappa shape index (κ1) is 20.8. The number of aromatic nitrogens is 3. The number of anilines is 1. The molecule has 158 valence electrons. The summed E-state index contributed by atoms with van der Waals surface area (Å²) < 4.78 is 1.93. The van der Waals surface area contributed by atoms with Gasteiger partial charge in [-0.2, -0.15) is 5.10 Å². The van der Waals surface area contributed by atoms with Crippen molar-refractivity contribution in [3.8, 4) is 5.69 Å². The number of amides is 1. The average molecular weight is 413 g/mol. The van der Waals surface area contributed by atoms with Crippen LogP contribution in [0.15, 0.2) is 48.5 Å². The van der Waals surface area contributed by atoms with Crippen LogP contribution in [0.25, 0.3) is 16.7 Å². The fraction of sp³-hybridized carbons (Fsp3) is 0.269. The van der Waals surface area contributed by atoms with E-state index in [9.17, 15) is 4.79 Å². The highest BCUT2D eigenvalue weighted by molar-refractivity contribution is 5.91. The highest BCUT2D eigenvalue weighted by atomic mass is 16.1. The van der Waals surface area contributed by atoms with Gasteiger partial charge in [0.15, 0.2) is 5.65 Å². The zero-order valence-corrected chi connectivity index (χ0v) is 18.8. The van der Waals surface area contributed by atoms with Gasteiger partial charge in [-0.15, -0.1) is 0 Å². The quantitative estimate of drug-likeness (QED) is 0.469. The number of fused-ring (bicyclic) bond motifs is 1. The number of nitrogens with zero attached hydrogens (tertiary/aromatic N) is 3. The Labute approximate surface area is 183 Å². The number of hydrogen-bond acceptors (Lipinski definition) is 3. The van der Waals surface area contributed by atoms with Gasteiger partial charge in [0, 0.05) is 23.2 Å². The van der Waals surface area contributed by atoms with E-state index >= 15 is 0 Å². The van der Waals surface area contributed by atoms with E-state index in [1.165, 1.54) is 11.1 Å². The average Bonchev–Trinajstić information content (AvgIpc) is 3.06. The van der Waals surface area contributed by atoms with Gasteiger partial charge in [-0.1, -0.05) is 24.3 Å². The monoisotopic (exact) mass is 412 g/mol. The van der Waals surface area contributed by atoms with Crippen LogP contribution in [0, 0.1) is 34.6 Å². The molecule has 0 atom stereocenters. The molecule has 2 aromatic carbocycles. The summed E-state index contributed by atoms with van der Waals surface area (Å²) in [5.74, 6) is 0.00708. The summed E-state index contributed by atoms with van der Waals surface area (Å²) >= 11 is 0. The van der Waals surface area contributed by atoms with E-state index in [1.54, 1.807) is 0 Å². The number of nitrogens with one attached hydrogen (secondary N) is 1. The molecule has 0 unspecified atom stereocenters. The maximum Gasteiger partial charge on any atom is 0.224 e. The number of carbonyl (C=O) groups excluding carboxylic acids is 1. The van der Waals surface area contributed by atoms with Gasteiger partial charge in [-0.25, -0.2) is 9.67 Å². The van der Waals surface area contributed by atoms with Gasteiger partial charge in [0.25, 0.3) is 0 Å². The van der Waals surface area contributed by atoms with Gasteiger partial charge in [0.1, 0.15) is 0 Å². The van der Waals surface area contributed by atoms with Crippen molar-refractivity contribution in [2.45, 2.75) is 47.5 Å². The van der Waals surface area contributed by atoms with Crippen LogP contribution in [-0.4, -0.2) is 20.7 Å². The molecule has 0 aliphatic carbocycles. The van der Waals surface area contributed by atoms with Gasteiger partial charge >= 0.3 is 0 Å². The van der Waals surface area contributed by atoms with Crippen molar-refractivity contribution in [1.29, 1.82) is 0 Å². The summed E-state index contributed by atoms with van der Waals surface area (Å²) in [4.78, 5) is 17.4. The summed E-state index contributed by atoms with van der Waals surface area (Å²) in [6, 6.07) is 15.9. The Morgan fingerprint density at radius 3 is 2.39 bits per heavy atom. The van der Waals surface area contributed by atoms with E-state index in [4.69, 9.17) is 10.1 Å². The molecule has 0 saturated carbocycles. The molecule has 0 saturated heterocycles. The third-order valence-electron chi connectivity index (χ3n) is 5.97. The lowest BCUT2D eigenvalue weighted by molar-refractivity contribution is -0.116.